The lowest BCUT2D eigenvalue weighted by Gasteiger charge is -2.10. The second-order valence-corrected chi connectivity index (χ2v) is 10.4. The molecule has 1 fully saturated rings. The van der Waals surface area contributed by atoms with E-state index in [1.165, 1.54) is 18.4 Å². The average molecular weight is 475 g/mol. The first-order valence-electron chi connectivity index (χ1n) is 7.74. The van der Waals surface area contributed by atoms with E-state index in [0.717, 1.165) is 22.0 Å². The van der Waals surface area contributed by atoms with Gasteiger partial charge in [-0.05, 0) is 46.4 Å². The number of sulfone groups is 1. The van der Waals surface area contributed by atoms with Crippen LogP contribution in [0.1, 0.15) is 18.4 Å². The van der Waals surface area contributed by atoms with Gasteiger partial charge in [-0.15, -0.1) is 11.3 Å². The quantitative estimate of drug-likeness (QED) is 0.514. The summed E-state index contributed by atoms with van der Waals surface area (Å²) in [6.07, 6.45) is 3.06. The molecule has 0 aromatic carbocycles. The molecule has 0 aliphatic heterocycles. The first-order chi connectivity index (χ1) is 12.4. The van der Waals surface area contributed by atoms with Crippen molar-refractivity contribution in [1.29, 1.82) is 0 Å². The van der Waals surface area contributed by atoms with Gasteiger partial charge in [-0.2, -0.15) is 0 Å². The number of thiophene rings is 1. The lowest BCUT2D eigenvalue weighted by atomic mass is 10.1. The van der Waals surface area contributed by atoms with Gasteiger partial charge in [0.1, 0.15) is 5.52 Å². The SMILES string of the molecule is COc1ncc(-c2nc(Cl)nc3c(Br)csc23)cc1CS(=O)(=O)C1CC1. The predicted octanol–water partition coefficient (Wildman–Crippen LogP) is 4.26. The second-order valence-electron chi connectivity index (χ2n) is 6.00. The minimum Gasteiger partial charge on any atom is -0.481 e. The molecule has 0 bridgehead atoms. The summed E-state index contributed by atoms with van der Waals surface area (Å²) in [5.74, 6) is 0.208. The Hall–Kier alpha value is -1.29. The summed E-state index contributed by atoms with van der Waals surface area (Å²) in [5.41, 5.74) is 2.54. The van der Waals surface area contributed by atoms with Crippen LogP contribution in [-0.4, -0.2) is 35.7 Å². The highest BCUT2D eigenvalue weighted by molar-refractivity contribution is 9.10. The van der Waals surface area contributed by atoms with Gasteiger partial charge >= 0.3 is 0 Å². The van der Waals surface area contributed by atoms with Crippen LogP contribution in [0.15, 0.2) is 22.1 Å². The minimum atomic E-state index is -3.20. The van der Waals surface area contributed by atoms with E-state index in [-0.39, 0.29) is 16.3 Å². The molecule has 26 heavy (non-hydrogen) atoms. The smallest absolute Gasteiger partial charge is 0.223 e. The standard InChI is InChI=1S/C16H13BrClN3O3S2/c1-24-15-9(7-26(22,23)10-2-3-10)4-8(5-19-15)12-14-13(11(17)6-25-14)21-16(18)20-12/h4-6,10H,2-3,7H2,1H3. The first kappa shape index (κ1) is 18.1. The van der Waals surface area contributed by atoms with E-state index in [0.29, 0.717) is 28.2 Å². The van der Waals surface area contributed by atoms with Crippen LogP contribution in [0.25, 0.3) is 21.5 Å². The fourth-order valence-electron chi connectivity index (χ4n) is 2.74. The number of ether oxygens (including phenoxy) is 1. The number of halogens is 2. The van der Waals surface area contributed by atoms with Crippen LogP contribution < -0.4 is 4.74 Å². The highest BCUT2D eigenvalue weighted by Crippen LogP contribution is 2.38. The Kier molecular flexibility index (Phi) is 4.66. The van der Waals surface area contributed by atoms with E-state index >= 15 is 0 Å². The summed E-state index contributed by atoms with van der Waals surface area (Å²) in [5, 5.41) is 1.79. The number of methoxy groups -OCH3 is 1. The molecule has 136 valence electrons. The molecule has 6 nitrogen and oxygen atoms in total. The van der Waals surface area contributed by atoms with E-state index < -0.39 is 9.84 Å². The van der Waals surface area contributed by atoms with Crippen LogP contribution in [0.4, 0.5) is 0 Å². The molecule has 0 saturated heterocycles. The molecular weight excluding hydrogens is 462 g/mol. The molecule has 3 aromatic heterocycles. The molecule has 3 heterocycles. The fourth-order valence-corrected chi connectivity index (χ4v) is 6.21. The molecule has 0 unspecified atom stereocenters. The lowest BCUT2D eigenvalue weighted by molar-refractivity contribution is 0.394. The van der Waals surface area contributed by atoms with Crippen LogP contribution in [0.5, 0.6) is 5.88 Å². The molecule has 0 N–H and O–H groups in total. The zero-order valence-corrected chi connectivity index (χ0v) is 17.5. The summed E-state index contributed by atoms with van der Waals surface area (Å²) in [6.45, 7) is 0. The van der Waals surface area contributed by atoms with Gasteiger partial charge in [0.05, 0.1) is 33.0 Å². The summed E-state index contributed by atoms with van der Waals surface area (Å²) in [6, 6.07) is 1.76. The van der Waals surface area contributed by atoms with Gasteiger partial charge < -0.3 is 4.74 Å². The van der Waals surface area contributed by atoms with Gasteiger partial charge in [0.15, 0.2) is 9.84 Å². The topological polar surface area (TPSA) is 82.0 Å². The van der Waals surface area contributed by atoms with Crippen molar-refractivity contribution in [3.8, 4) is 17.1 Å². The number of pyridine rings is 1. The molecule has 1 saturated carbocycles. The average Bonchev–Trinajstić information content (AvgIpc) is 3.40. The number of hydrogen-bond acceptors (Lipinski definition) is 7. The summed E-state index contributed by atoms with van der Waals surface area (Å²) < 4.78 is 31.8. The van der Waals surface area contributed by atoms with Crippen LogP contribution in [0, 0.1) is 0 Å². The Labute approximate surface area is 167 Å². The maximum atomic E-state index is 12.4. The fraction of sp³-hybridized carbons (Fsp3) is 0.312. The first-order valence-corrected chi connectivity index (χ1v) is 11.5. The normalized spacial score (nSPS) is 14.7. The Morgan fingerprint density at radius 2 is 2.15 bits per heavy atom. The van der Waals surface area contributed by atoms with Crippen LogP contribution in [-0.2, 0) is 15.6 Å². The Morgan fingerprint density at radius 1 is 1.38 bits per heavy atom. The Bertz CT molecular complexity index is 1110. The largest absolute Gasteiger partial charge is 0.481 e. The zero-order valence-electron chi connectivity index (χ0n) is 13.6. The van der Waals surface area contributed by atoms with Gasteiger partial charge in [-0.3, -0.25) is 0 Å². The molecule has 3 aromatic rings. The summed E-state index contributed by atoms with van der Waals surface area (Å²) in [7, 11) is -1.72. The molecule has 0 atom stereocenters. The van der Waals surface area contributed by atoms with Crippen molar-refractivity contribution in [1.82, 2.24) is 15.0 Å². The van der Waals surface area contributed by atoms with Gasteiger partial charge in [0.2, 0.25) is 11.2 Å². The van der Waals surface area contributed by atoms with Gasteiger partial charge in [-0.25, -0.2) is 23.4 Å². The summed E-state index contributed by atoms with van der Waals surface area (Å²) >= 11 is 11.0. The Morgan fingerprint density at radius 3 is 2.85 bits per heavy atom. The van der Waals surface area contributed by atoms with E-state index in [2.05, 4.69) is 30.9 Å². The third-order valence-electron chi connectivity index (χ3n) is 4.13. The van der Waals surface area contributed by atoms with Crippen molar-refractivity contribution in [2.45, 2.75) is 23.8 Å². The number of rotatable bonds is 5. The number of nitrogens with zero attached hydrogens (tertiary/aromatic N) is 3. The van der Waals surface area contributed by atoms with E-state index in [1.54, 1.807) is 12.3 Å². The van der Waals surface area contributed by atoms with Gasteiger partial charge in [-0.1, -0.05) is 0 Å². The van der Waals surface area contributed by atoms with Crippen molar-refractivity contribution in [2.75, 3.05) is 7.11 Å². The molecule has 1 aliphatic carbocycles. The molecule has 1 aliphatic rings. The van der Waals surface area contributed by atoms with Crippen molar-refractivity contribution in [3.63, 3.8) is 0 Å². The van der Waals surface area contributed by atoms with E-state index in [4.69, 9.17) is 16.3 Å². The van der Waals surface area contributed by atoms with E-state index in [1.807, 2.05) is 5.38 Å². The lowest BCUT2D eigenvalue weighted by Crippen LogP contribution is -2.11. The number of fused-ring (bicyclic) bond motifs is 1. The number of aromatic nitrogens is 3. The Balaban J connectivity index is 1.84. The van der Waals surface area contributed by atoms with Crippen LogP contribution in [0.2, 0.25) is 5.28 Å². The summed E-state index contributed by atoms with van der Waals surface area (Å²) in [4.78, 5) is 12.9. The maximum Gasteiger partial charge on any atom is 0.223 e. The molecular formula is C16H13BrClN3O3S2. The van der Waals surface area contributed by atoms with Crippen molar-refractivity contribution in [3.05, 3.63) is 33.0 Å². The third kappa shape index (κ3) is 3.33. The van der Waals surface area contributed by atoms with E-state index in [9.17, 15) is 8.42 Å². The molecule has 4 rings (SSSR count). The highest BCUT2D eigenvalue weighted by atomic mass is 79.9. The monoisotopic (exact) mass is 473 g/mol. The van der Waals surface area contributed by atoms with Crippen LogP contribution in [0.3, 0.4) is 0 Å². The maximum absolute atomic E-state index is 12.4. The van der Waals surface area contributed by atoms with Crippen molar-refractivity contribution in [2.24, 2.45) is 0 Å². The highest BCUT2D eigenvalue weighted by Gasteiger charge is 2.36. The van der Waals surface area contributed by atoms with Crippen molar-refractivity contribution >= 4 is 58.9 Å². The van der Waals surface area contributed by atoms with Crippen molar-refractivity contribution < 1.29 is 13.2 Å². The van der Waals surface area contributed by atoms with Crippen LogP contribution >= 0.6 is 38.9 Å². The third-order valence-corrected chi connectivity index (χ3v) is 8.38. The molecule has 10 heteroatoms. The molecule has 0 radical (unpaired) electrons. The van der Waals surface area contributed by atoms with Gasteiger partial charge in [0.25, 0.3) is 0 Å². The second kappa shape index (κ2) is 6.70. The molecule has 0 spiro atoms. The number of hydrogen-bond donors (Lipinski definition) is 0. The van der Waals surface area contributed by atoms with Gasteiger partial charge in [0, 0.05) is 22.7 Å². The minimum absolute atomic E-state index is 0.0994. The predicted molar refractivity (Wildman–Crippen MR) is 106 cm³/mol. The molecule has 0 amide bonds. The zero-order chi connectivity index (χ0) is 18.5.